The summed E-state index contributed by atoms with van der Waals surface area (Å²) >= 11 is 1.26. The molecular formula is C17H20N4O2S2. The number of hydrogen-bond donors (Lipinski definition) is 1. The van der Waals surface area contributed by atoms with Gasteiger partial charge in [-0.1, -0.05) is 0 Å². The van der Waals surface area contributed by atoms with Crippen molar-refractivity contribution in [3.05, 3.63) is 40.8 Å². The predicted octanol–water partition coefficient (Wildman–Crippen LogP) is 3.20. The summed E-state index contributed by atoms with van der Waals surface area (Å²) in [5.74, 6) is 0.159. The van der Waals surface area contributed by atoms with Crippen molar-refractivity contribution in [2.45, 2.75) is 36.8 Å². The molecule has 0 bridgehead atoms. The van der Waals surface area contributed by atoms with Crippen molar-refractivity contribution in [2.75, 3.05) is 13.1 Å². The Morgan fingerprint density at radius 1 is 1.36 bits per heavy atom. The number of hydrogen-bond acceptors (Lipinski definition) is 5. The van der Waals surface area contributed by atoms with Gasteiger partial charge in [-0.05, 0) is 44.9 Å². The fraction of sp³-hybridized carbons (Fsp3) is 0.412. The van der Waals surface area contributed by atoms with E-state index in [1.165, 1.54) is 11.3 Å². The number of sulfonamides is 1. The monoisotopic (exact) mass is 376 g/mol. The number of pyridine rings is 1. The SMILES string of the molecule is Cc1nc(C)c(S(=O)(=O)N2CCC[C@H](c3cc4ncccc4[nH]3)C2)s1. The third kappa shape index (κ3) is 2.98. The molecule has 0 saturated carbocycles. The number of rotatable bonds is 3. The average Bonchev–Trinajstić information content (AvgIpc) is 3.18. The minimum atomic E-state index is -3.48. The summed E-state index contributed by atoms with van der Waals surface area (Å²) in [7, 11) is -3.48. The Kier molecular flexibility index (Phi) is 4.13. The molecule has 0 aliphatic carbocycles. The van der Waals surface area contributed by atoms with Gasteiger partial charge in [0.2, 0.25) is 0 Å². The number of aryl methyl sites for hydroxylation is 2. The first-order valence-electron chi connectivity index (χ1n) is 8.33. The molecule has 3 aromatic rings. The second-order valence-electron chi connectivity index (χ2n) is 6.47. The number of aromatic nitrogens is 3. The second kappa shape index (κ2) is 6.19. The Morgan fingerprint density at radius 3 is 2.92 bits per heavy atom. The van der Waals surface area contributed by atoms with Crippen LogP contribution in [0.1, 0.15) is 35.2 Å². The van der Waals surface area contributed by atoms with Crippen LogP contribution < -0.4 is 0 Å². The highest BCUT2D eigenvalue weighted by Crippen LogP contribution is 2.33. The van der Waals surface area contributed by atoms with Gasteiger partial charge in [0.15, 0.2) is 4.21 Å². The molecule has 3 aromatic heterocycles. The minimum absolute atomic E-state index is 0.159. The molecule has 8 heteroatoms. The van der Waals surface area contributed by atoms with Crippen LogP contribution >= 0.6 is 11.3 Å². The van der Waals surface area contributed by atoms with E-state index < -0.39 is 10.0 Å². The Balaban J connectivity index is 1.63. The summed E-state index contributed by atoms with van der Waals surface area (Å²) in [6.45, 7) is 4.66. The van der Waals surface area contributed by atoms with Crippen molar-refractivity contribution in [3.63, 3.8) is 0 Å². The normalized spacial score (nSPS) is 19.5. The Labute approximate surface area is 151 Å². The molecule has 0 unspecified atom stereocenters. The first-order chi connectivity index (χ1) is 11.9. The van der Waals surface area contributed by atoms with Gasteiger partial charge >= 0.3 is 0 Å². The topological polar surface area (TPSA) is 79.0 Å². The molecule has 4 heterocycles. The summed E-state index contributed by atoms with van der Waals surface area (Å²) in [5, 5.41) is 0.784. The molecule has 0 spiro atoms. The summed E-state index contributed by atoms with van der Waals surface area (Å²) in [6.07, 6.45) is 3.59. The van der Waals surface area contributed by atoms with Crippen molar-refractivity contribution in [3.8, 4) is 0 Å². The zero-order valence-electron chi connectivity index (χ0n) is 14.2. The lowest BCUT2D eigenvalue weighted by atomic mass is 9.96. The van der Waals surface area contributed by atoms with Gasteiger partial charge in [-0.2, -0.15) is 4.31 Å². The van der Waals surface area contributed by atoms with Crippen molar-refractivity contribution < 1.29 is 8.42 Å². The molecule has 1 aliphatic heterocycles. The molecule has 0 radical (unpaired) electrons. The highest BCUT2D eigenvalue weighted by Gasteiger charge is 2.33. The molecule has 1 N–H and O–H groups in total. The predicted molar refractivity (Wildman–Crippen MR) is 98.4 cm³/mol. The van der Waals surface area contributed by atoms with Crippen LogP contribution in [0.25, 0.3) is 11.0 Å². The Hall–Kier alpha value is -1.77. The third-order valence-electron chi connectivity index (χ3n) is 4.67. The standard InChI is InChI=1S/C17H20N4O2S2/c1-11-17(24-12(2)19-11)25(22,23)21-8-4-5-13(10-21)15-9-16-14(20-15)6-3-7-18-16/h3,6-7,9,13,20H,4-5,8,10H2,1-2H3/t13-/m0/s1. The van der Waals surface area contributed by atoms with Crippen LogP contribution in [0.2, 0.25) is 0 Å². The maximum Gasteiger partial charge on any atom is 0.254 e. The van der Waals surface area contributed by atoms with E-state index in [9.17, 15) is 8.42 Å². The molecule has 6 nitrogen and oxygen atoms in total. The van der Waals surface area contributed by atoms with Crippen LogP contribution in [-0.4, -0.2) is 40.8 Å². The van der Waals surface area contributed by atoms with Gasteiger partial charge in [-0.25, -0.2) is 13.4 Å². The van der Waals surface area contributed by atoms with Gasteiger partial charge in [0, 0.05) is 30.9 Å². The van der Waals surface area contributed by atoms with Gasteiger partial charge in [0.1, 0.15) is 0 Å². The van der Waals surface area contributed by atoms with E-state index in [4.69, 9.17) is 0 Å². The van der Waals surface area contributed by atoms with Crippen molar-refractivity contribution in [1.82, 2.24) is 19.3 Å². The third-order valence-corrected chi connectivity index (χ3v) is 8.19. The molecule has 1 atom stereocenters. The van der Waals surface area contributed by atoms with Gasteiger partial charge in [0.25, 0.3) is 10.0 Å². The summed E-state index contributed by atoms with van der Waals surface area (Å²) in [4.78, 5) is 12.0. The van der Waals surface area contributed by atoms with Crippen LogP contribution in [0.3, 0.4) is 0 Å². The molecule has 1 saturated heterocycles. The van der Waals surface area contributed by atoms with E-state index in [0.29, 0.717) is 23.0 Å². The maximum atomic E-state index is 13.0. The highest BCUT2D eigenvalue weighted by atomic mass is 32.2. The van der Waals surface area contributed by atoms with Crippen molar-refractivity contribution in [2.24, 2.45) is 0 Å². The zero-order valence-corrected chi connectivity index (χ0v) is 15.8. The largest absolute Gasteiger partial charge is 0.357 e. The van der Waals surface area contributed by atoms with E-state index in [-0.39, 0.29) is 5.92 Å². The van der Waals surface area contributed by atoms with Gasteiger partial charge in [0.05, 0.1) is 21.7 Å². The summed E-state index contributed by atoms with van der Waals surface area (Å²) in [5.41, 5.74) is 3.57. The van der Waals surface area contributed by atoms with E-state index in [0.717, 1.165) is 34.6 Å². The number of aromatic amines is 1. The van der Waals surface area contributed by atoms with Crippen molar-refractivity contribution >= 4 is 32.4 Å². The van der Waals surface area contributed by atoms with E-state index >= 15 is 0 Å². The molecule has 0 amide bonds. The lowest BCUT2D eigenvalue weighted by molar-refractivity contribution is 0.313. The average molecular weight is 377 g/mol. The molecule has 1 fully saturated rings. The lowest BCUT2D eigenvalue weighted by Crippen LogP contribution is -2.39. The first kappa shape index (κ1) is 16.7. The molecule has 132 valence electrons. The van der Waals surface area contributed by atoms with Crippen LogP contribution in [0.4, 0.5) is 0 Å². The fourth-order valence-electron chi connectivity index (χ4n) is 3.48. The Bertz CT molecular complexity index is 989. The second-order valence-corrected chi connectivity index (χ2v) is 9.81. The number of fused-ring (bicyclic) bond motifs is 1. The zero-order chi connectivity index (χ0) is 17.6. The lowest BCUT2D eigenvalue weighted by Gasteiger charge is -2.31. The number of nitrogens with zero attached hydrogens (tertiary/aromatic N) is 3. The molecule has 25 heavy (non-hydrogen) atoms. The number of nitrogens with one attached hydrogen (secondary N) is 1. The van der Waals surface area contributed by atoms with Gasteiger partial charge < -0.3 is 4.98 Å². The van der Waals surface area contributed by atoms with Crippen molar-refractivity contribution in [1.29, 1.82) is 0 Å². The van der Waals surface area contributed by atoms with Gasteiger partial charge in [-0.3, -0.25) is 4.98 Å². The minimum Gasteiger partial charge on any atom is -0.357 e. The van der Waals surface area contributed by atoms with E-state index in [1.807, 2.05) is 25.1 Å². The van der Waals surface area contributed by atoms with Gasteiger partial charge in [-0.15, -0.1) is 11.3 Å². The maximum absolute atomic E-state index is 13.0. The smallest absolute Gasteiger partial charge is 0.254 e. The van der Waals surface area contributed by atoms with Crippen LogP contribution in [0.5, 0.6) is 0 Å². The summed E-state index contributed by atoms with van der Waals surface area (Å²) in [6, 6.07) is 5.93. The molecular weight excluding hydrogens is 356 g/mol. The van der Waals surface area contributed by atoms with E-state index in [2.05, 4.69) is 15.0 Å². The molecule has 0 aromatic carbocycles. The van der Waals surface area contributed by atoms with Crippen LogP contribution in [-0.2, 0) is 10.0 Å². The fourth-order valence-corrected chi connectivity index (χ4v) is 6.62. The van der Waals surface area contributed by atoms with Crippen LogP contribution in [0.15, 0.2) is 28.6 Å². The Morgan fingerprint density at radius 2 is 2.20 bits per heavy atom. The summed E-state index contributed by atoms with van der Waals surface area (Å²) < 4.78 is 28.1. The quantitative estimate of drug-likeness (QED) is 0.761. The molecule has 1 aliphatic rings. The number of piperidine rings is 1. The molecule has 4 rings (SSSR count). The van der Waals surface area contributed by atoms with Crippen LogP contribution in [0, 0.1) is 13.8 Å². The number of thiazole rings is 1. The first-order valence-corrected chi connectivity index (χ1v) is 10.6. The number of H-pyrrole nitrogens is 1. The van der Waals surface area contributed by atoms with E-state index in [1.54, 1.807) is 17.4 Å². The highest BCUT2D eigenvalue weighted by molar-refractivity contribution is 7.91.